The average molecular weight is 358 g/mol. The third-order valence-corrected chi connectivity index (χ3v) is 5.54. The average Bonchev–Trinajstić information content (AvgIpc) is 3.09. The van der Waals surface area contributed by atoms with Gasteiger partial charge in [0.25, 0.3) is 0 Å². The fourth-order valence-electron chi connectivity index (χ4n) is 4.13. The van der Waals surface area contributed by atoms with E-state index in [2.05, 4.69) is 15.3 Å². The zero-order chi connectivity index (χ0) is 18.1. The minimum absolute atomic E-state index is 0.0389. The molecule has 2 aromatic rings. The van der Waals surface area contributed by atoms with E-state index in [0.717, 1.165) is 18.5 Å². The number of likely N-dealkylation sites (tertiary alicyclic amines) is 1. The first-order chi connectivity index (χ1) is 12.6. The normalized spacial score (nSPS) is 26.8. The molecule has 2 saturated heterocycles. The predicted molar refractivity (Wildman–Crippen MR) is 94.1 cm³/mol. The van der Waals surface area contributed by atoms with Crippen molar-refractivity contribution in [2.24, 2.45) is 5.41 Å². The number of hydrogen-bond donors (Lipinski definition) is 2. The van der Waals surface area contributed by atoms with Crippen LogP contribution in [0.3, 0.4) is 0 Å². The molecule has 2 aliphatic heterocycles. The van der Waals surface area contributed by atoms with Gasteiger partial charge in [0.1, 0.15) is 11.5 Å². The molecule has 138 valence electrons. The van der Waals surface area contributed by atoms with Crippen LogP contribution in [0.1, 0.15) is 24.8 Å². The highest BCUT2D eigenvalue weighted by Gasteiger charge is 2.49. The van der Waals surface area contributed by atoms with E-state index in [4.69, 9.17) is 0 Å². The standard InChI is InChI=1S/C19H23FN4O2/c20-15-4-1-2-5-16(15)24-12-14(10-22-24)11-23-9-6-17(25)19(13-23)7-3-8-21-18(19)26/h1-2,4-5,10,12,17,25H,3,6-9,11,13H2,(H,21,26)/t17-,19+/m0/s1. The summed E-state index contributed by atoms with van der Waals surface area (Å²) in [5.41, 5.74) is 0.657. The molecular weight excluding hydrogens is 335 g/mol. The second kappa shape index (κ2) is 6.81. The summed E-state index contributed by atoms with van der Waals surface area (Å²) in [5, 5.41) is 17.6. The molecule has 7 heteroatoms. The summed E-state index contributed by atoms with van der Waals surface area (Å²) in [6.07, 6.45) is 5.13. The van der Waals surface area contributed by atoms with Crippen LogP contribution >= 0.6 is 0 Å². The Labute approximate surface area is 151 Å². The van der Waals surface area contributed by atoms with Crippen molar-refractivity contribution in [1.29, 1.82) is 0 Å². The zero-order valence-electron chi connectivity index (χ0n) is 14.6. The van der Waals surface area contributed by atoms with Crippen molar-refractivity contribution < 1.29 is 14.3 Å². The Kier molecular flexibility index (Phi) is 4.50. The lowest BCUT2D eigenvalue weighted by Crippen LogP contribution is -2.61. The Morgan fingerprint density at radius 2 is 2.23 bits per heavy atom. The van der Waals surface area contributed by atoms with Crippen molar-refractivity contribution in [3.8, 4) is 5.69 Å². The van der Waals surface area contributed by atoms with E-state index in [1.54, 1.807) is 24.4 Å². The number of aliphatic hydroxyl groups is 1. The monoisotopic (exact) mass is 358 g/mol. The van der Waals surface area contributed by atoms with Crippen LogP contribution in [-0.2, 0) is 11.3 Å². The van der Waals surface area contributed by atoms with E-state index in [1.807, 2.05) is 6.20 Å². The first kappa shape index (κ1) is 17.2. The fraction of sp³-hybridized carbons (Fsp3) is 0.474. The number of carbonyl (C=O) groups excluding carboxylic acids is 1. The van der Waals surface area contributed by atoms with Crippen molar-refractivity contribution >= 4 is 5.91 Å². The van der Waals surface area contributed by atoms with Gasteiger partial charge in [0.2, 0.25) is 5.91 Å². The second-order valence-electron chi connectivity index (χ2n) is 7.28. The Balaban J connectivity index is 1.50. The smallest absolute Gasteiger partial charge is 0.230 e. The lowest BCUT2D eigenvalue weighted by Gasteiger charge is -2.46. The molecule has 0 unspecified atom stereocenters. The minimum atomic E-state index is -0.710. The third-order valence-electron chi connectivity index (χ3n) is 5.54. The van der Waals surface area contributed by atoms with Crippen molar-refractivity contribution in [3.63, 3.8) is 0 Å². The SMILES string of the molecule is O=C1NCCC[C@]12CN(Cc1cnn(-c3ccccc3F)c1)CC[C@@H]2O. The van der Waals surface area contributed by atoms with Gasteiger partial charge in [-0.1, -0.05) is 12.1 Å². The molecule has 0 radical (unpaired) electrons. The number of benzene rings is 1. The summed E-state index contributed by atoms with van der Waals surface area (Å²) in [4.78, 5) is 14.6. The van der Waals surface area contributed by atoms with Crippen molar-refractivity contribution in [1.82, 2.24) is 20.0 Å². The highest BCUT2D eigenvalue weighted by Crippen LogP contribution is 2.37. The Bertz CT molecular complexity index is 808. The molecule has 2 aliphatic rings. The number of aliphatic hydroxyl groups excluding tert-OH is 1. The maximum absolute atomic E-state index is 13.9. The molecule has 1 aromatic heterocycles. The summed E-state index contributed by atoms with van der Waals surface area (Å²) < 4.78 is 15.5. The van der Waals surface area contributed by atoms with Crippen LogP contribution in [0.25, 0.3) is 5.69 Å². The summed E-state index contributed by atoms with van der Waals surface area (Å²) in [6, 6.07) is 6.52. The Hall–Kier alpha value is -2.25. The highest BCUT2D eigenvalue weighted by atomic mass is 19.1. The van der Waals surface area contributed by atoms with Crippen LogP contribution in [0.4, 0.5) is 4.39 Å². The van der Waals surface area contributed by atoms with Gasteiger partial charge >= 0.3 is 0 Å². The van der Waals surface area contributed by atoms with Gasteiger partial charge in [0.15, 0.2) is 0 Å². The molecule has 26 heavy (non-hydrogen) atoms. The number of halogens is 1. The number of carbonyl (C=O) groups is 1. The molecule has 2 atom stereocenters. The van der Waals surface area contributed by atoms with Crippen LogP contribution in [0, 0.1) is 11.2 Å². The molecular formula is C19H23FN4O2. The molecule has 1 amide bonds. The lowest BCUT2D eigenvalue weighted by molar-refractivity contribution is -0.149. The quantitative estimate of drug-likeness (QED) is 0.872. The first-order valence-electron chi connectivity index (χ1n) is 9.06. The van der Waals surface area contributed by atoms with Crippen LogP contribution in [0.5, 0.6) is 0 Å². The van der Waals surface area contributed by atoms with Gasteiger partial charge < -0.3 is 10.4 Å². The molecule has 3 heterocycles. The molecule has 1 aromatic carbocycles. The van der Waals surface area contributed by atoms with Gasteiger partial charge in [-0.2, -0.15) is 5.10 Å². The summed E-state index contributed by atoms with van der Waals surface area (Å²) in [6.45, 7) is 2.56. The number of aromatic nitrogens is 2. The van der Waals surface area contributed by atoms with Gasteiger partial charge in [-0.15, -0.1) is 0 Å². The van der Waals surface area contributed by atoms with E-state index in [0.29, 0.717) is 38.2 Å². The molecule has 2 N–H and O–H groups in total. The maximum Gasteiger partial charge on any atom is 0.230 e. The largest absolute Gasteiger partial charge is 0.392 e. The number of para-hydroxylation sites is 1. The number of nitrogens with one attached hydrogen (secondary N) is 1. The molecule has 0 aliphatic carbocycles. The van der Waals surface area contributed by atoms with E-state index in [-0.39, 0.29) is 11.7 Å². The second-order valence-corrected chi connectivity index (χ2v) is 7.28. The molecule has 4 rings (SSSR count). The van der Waals surface area contributed by atoms with Crippen LogP contribution in [0.15, 0.2) is 36.7 Å². The number of hydrogen-bond acceptors (Lipinski definition) is 4. The zero-order valence-corrected chi connectivity index (χ0v) is 14.6. The number of nitrogens with zero attached hydrogens (tertiary/aromatic N) is 3. The predicted octanol–water partition coefficient (Wildman–Crippen LogP) is 1.47. The van der Waals surface area contributed by atoms with E-state index in [9.17, 15) is 14.3 Å². The molecule has 1 spiro atoms. The Morgan fingerprint density at radius 3 is 3.04 bits per heavy atom. The number of rotatable bonds is 3. The summed E-state index contributed by atoms with van der Waals surface area (Å²) in [7, 11) is 0. The number of piperidine rings is 2. The van der Waals surface area contributed by atoms with Gasteiger partial charge in [-0.25, -0.2) is 9.07 Å². The topological polar surface area (TPSA) is 70.4 Å². The Morgan fingerprint density at radius 1 is 1.38 bits per heavy atom. The van der Waals surface area contributed by atoms with Crippen LogP contribution in [-0.4, -0.2) is 51.4 Å². The summed E-state index contributed by atoms with van der Waals surface area (Å²) in [5.74, 6) is -0.357. The van der Waals surface area contributed by atoms with Gasteiger partial charge in [-0.3, -0.25) is 9.69 Å². The number of amides is 1. The van der Waals surface area contributed by atoms with E-state index in [1.165, 1.54) is 10.7 Å². The van der Waals surface area contributed by atoms with Crippen molar-refractivity contribution in [3.05, 3.63) is 48.0 Å². The van der Waals surface area contributed by atoms with Gasteiger partial charge in [-0.05, 0) is 31.4 Å². The van der Waals surface area contributed by atoms with Crippen LogP contribution < -0.4 is 5.32 Å². The van der Waals surface area contributed by atoms with Gasteiger partial charge in [0.05, 0.1) is 17.7 Å². The van der Waals surface area contributed by atoms with Crippen molar-refractivity contribution in [2.75, 3.05) is 19.6 Å². The lowest BCUT2D eigenvalue weighted by atomic mass is 9.71. The van der Waals surface area contributed by atoms with E-state index >= 15 is 0 Å². The fourth-order valence-corrected chi connectivity index (χ4v) is 4.13. The maximum atomic E-state index is 13.9. The van der Waals surface area contributed by atoms with Gasteiger partial charge in [0, 0.05) is 37.9 Å². The van der Waals surface area contributed by atoms with Crippen molar-refractivity contribution in [2.45, 2.75) is 31.9 Å². The van der Waals surface area contributed by atoms with E-state index < -0.39 is 11.5 Å². The summed E-state index contributed by atoms with van der Waals surface area (Å²) >= 11 is 0. The molecule has 6 nitrogen and oxygen atoms in total. The van der Waals surface area contributed by atoms with Crippen LogP contribution in [0.2, 0.25) is 0 Å². The highest BCUT2D eigenvalue weighted by molar-refractivity contribution is 5.84. The minimum Gasteiger partial charge on any atom is -0.392 e. The first-order valence-corrected chi connectivity index (χ1v) is 9.06. The molecule has 2 fully saturated rings. The third kappa shape index (κ3) is 3.01. The molecule has 0 bridgehead atoms. The molecule has 0 saturated carbocycles.